The first-order chi connectivity index (χ1) is 7.26. The van der Waals surface area contributed by atoms with Gasteiger partial charge in [0.1, 0.15) is 0 Å². The fraction of sp³-hybridized carbons (Fsp3) is 0.909. The number of nitrogens with one attached hydrogen (secondary N) is 1. The van der Waals surface area contributed by atoms with Crippen molar-refractivity contribution < 1.29 is 9.53 Å². The molecule has 4 heteroatoms. The summed E-state index contributed by atoms with van der Waals surface area (Å²) in [5.74, 6) is -0.135. The van der Waals surface area contributed by atoms with E-state index in [1.807, 2.05) is 18.7 Å². The molecule has 0 aromatic carbocycles. The predicted octanol–water partition coefficient (Wildman–Crippen LogP) is 1.81. The molecule has 0 aromatic heterocycles. The second-order valence-electron chi connectivity index (χ2n) is 3.91. The normalized spacial score (nSPS) is 26.3. The summed E-state index contributed by atoms with van der Waals surface area (Å²) in [5, 5.41) is 4.05. The molecule has 1 aliphatic rings. The Labute approximate surface area is 96.3 Å². The van der Waals surface area contributed by atoms with E-state index in [1.165, 1.54) is 25.7 Å². The molecule has 0 aromatic rings. The Bertz CT molecular complexity index is 199. The number of rotatable bonds is 5. The average molecular weight is 231 g/mol. The molecule has 0 heterocycles. The molecule has 0 amide bonds. The summed E-state index contributed by atoms with van der Waals surface area (Å²) in [6, 6.07) is 0.501. The number of ether oxygens (including phenoxy) is 1. The summed E-state index contributed by atoms with van der Waals surface area (Å²) >= 11 is 1.94. The Morgan fingerprint density at radius 1 is 1.53 bits per heavy atom. The van der Waals surface area contributed by atoms with Crippen LogP contribution in [0.3, 0.4) is 0 Å². The second kappa shape index (κ2) is 7.12. The first-order valence-electron chi connectivity index (χ1n) is 5.68. The van der Waals surface area contributed by atoms with Crippen LogP contribution in [-0.4, -0.2) is 36.7 Å². The molecule has 1 N–H and O–H groups in total. The second-order valence-corrected chi connectivity index (χ2v) is 5.05. The van der Waals surface area contributed by atoms with Crippen molar-refractivity contribution >= 4 is 17.7 Å². The van der Waals surface area contributed by atoms with E-state index in [0.29, 0.717) is 19.2 Å². The molecule has 2 atom stereocenters. The van der Waals surface area contributed by atoms with Gasteiger partial charge in [0.2, 0.25) is 0 Å². The van der Waals surface area contributed by atoms with Crippen molar-refractivity contribution in [1.29, 1.82) is 0 Å². The van der Waals surface area contributed by atoms with Crippen LogP contribution in [0.15, 0.2) is 0 Å². The van der Waals surface area contributed by atoms with Gasteiger partial charge in [0.15, 0.2) is 0 Å². The van der Waals surface area contributed by atoms with Gasteiger partial charge in [-0.3, -0.25) is 4.79 Å². The fourth-order valence-corrected chi connectivity index (χ4v) is 2.81. The molecule has 88 valence electrons. The molecule has 1 aliphatic carbocycles. The molecule has 2 unspecified atom stereocenters. The van der Waals surface area contributed by atoms with E-state index >= 15 is 0 Å². The third-order valence-electron chi connectivity index (χ3n) is 2.80. The van der Waals surface area contributed by atoms with Crippen molar-refractivity contribution in [2.24, 2.45) is 0 Å². The number of carbonyl (C=O) groups is 1. The van der Waals surface area contributed by atoms with Crippen LogP contribution < -0.4 is 5.32 Å². The predicted molar refractivity (Wildman–Crippen MR) is 64.2 cm³/mol. The lowest BCUT2D eigenvalue weighted by molar-refractivity contribution is -0.142. The number of hydrogen-bond acceptors (Lipinski definition) is 4. The zero-order valence-corrected chi connectivity index (χ0v) is 10.4. The highest BCUT2D eigenvalue weighted by atomic mass is 32.2. The highest BCUT2D eigenvalue weighted by molar-refractivity contribution is 7.99. The third kappa shape index (κ3) is 4.89. The minimum absolute atomic E-state index is 0.135. The maximum atomic E-state index is 11.1. The Morgan fingerprint density at radius 3 is 3.00 bits per heavy atom. The van der Waals surface area contributed by atoms with Gasteiger partial charge in [-0.25, -0.2) is 0 Å². The van der Waals surface area contributed by atoms with Gasteiger partial charge < -0.3 is 10.1 Å². The molecule has 1 saturated carbocycles. The molecule has 0 aliphatic heterocycles. The van der Waals surface area contributed by atoms with E-state index in [0.717, 1.165) is 5.25 Å². The van der Waals surface area contributed by atoms with Gasteiger partial charge in [-0.15, -0.1) is 0 Å². The summed E-state index contributed by atoms with van der Waals surface area (Å²) < 4.78 is 4.88. The Balaban J connectivity index is 2.17. The van der Waals surface area contributed by atoms with Crippen molar-refractivity contribution in [3.63, 3.8) is 0 Å². The van der Waals surface area contributed by atoms with Gasteiger partial charge in [-0.1, -0.05) is 6.42 Å². The molecule has 1 fully saturated rings. The molecule has 1 rings (SSSR count). The van der Waals surface area contributed by atoms with Crippen LogP contribution in [0.2, 0.25) is 0 Å². The van der Waals surface area contributed by atoms with Crippen LogP contribution in [0.25, 0.3) is 0 Å². The molecular formula is C11H21NO2S. The third-order valence-corrected chi connectivity index (χ3v) is 3.89. The van der Waals surface area contributed by atoms with Crippen LogP contribution in [0.5, 0.6) is 0 Å². The summed E-state index contributed by atoms with van der Waals surface area (Å²) in [6.45, 7) is 2.67. The largest absolute Gasteiger partial charge is 0.465 e. The minimum atomic E-state index is -0.135. The topological polar surface area (TPSA) is 38.3 Å². The zero-order chi connectivity index (χ0) is 11.1. The molecule has 0 spiro atoms. The summed E-state index contributed by atoms with van der Waals surface area (Å²) in [7, 11) is 0. The first-order valence-corrected chi connectivity index (χ1v) is 6.96. The maximum absolute atomic E-state index is 11.1. The summed E-state index contributed by atoms with van der Waals surface area (Å²) in [5.41, 5.74) is 0. The lowest BCUT2D eigenvalue weighted by Gasteiger charge is -2.28. The highest BCUT2D eigenvalue weighted by Crippen LogP contribution is 2.26. The van der Waals surface area contributed by atoms with E-state index < -0.39 is 0 Å². The van der Waals surface area contributed by atoms with Crippen LogP contribution in [0, 0.1) is 0 Å². The Hall–Kier alpha value is -0.220. The zero-order valence-electron chi connectivity index (χ0n) is 9.62. The van der Waals surface area contributed by atoms with Crippen LogP contribution in [-0.2, 0) is 9.53 Å². The summed E-state index contributed by atoms with van der Waals surface area (Å²) in [4.78, 5) is 11.1. The van der Waals surface area contributed by atoms with Crippen LogP contribution in [0.1, 0.15) is 32.6 Å². The monoisotopic (exact) mass is 231 g/mol. The Morgan fingerprint density at radius 2 is 2.33 bits per heavy atom. The smallest absolute Gasteiger partial charge is 0.319 e. The van der Waals surface area contributed by atoms with Gasteiger partial charge in [-0.2, -0.15) is 11.8 Å². The quantitative estimate of drug-likeness (QED) is 0.732. The standard InChI is InChI=1S/C11H21NO2S/c1-3-14-11(13)8-12-9-5-4-6-10(7-9)15-2/h9-10,12H,3-8H2,1-2H3. The van der Waals surface area contributed by atoms with E-state index in [9.17, 15) is 4.79 Å². The van der Waals surface area contributed by atoms with E-state index in [4.69, 9.17) is 4.74 Å². The van der Waals surface area contributed by atoms with E-state index in [1.54, 1.807) is 0 Å². The van der Waals surface area contributed by atoms with Crippen molar-refractivity contribution in [2.75, 3.05) is 19.4 Å². The highest BCUT2D eigenvalue weighted by Gasteiger charge is 2.21. The number of hydrogen-bond donors (Lipinski definition) is 1. The Kier molecular flexibility index (Phi) is 6.10. The van der Waals surface area contributed by atoms with Gasteiger partial charge in [0.05, 0.1) is 13.2 Å². The summed E-state index contributed by atoms with van der Waals surface area (Å²) in [6.07, 6.45) is 7.13. The van der Waals surface area contributed by atoms with Gasteiger partial charge >= 0.3 is 5.97 Å². The minimum Gasteiger partial charge on any atom is -0.465 e. The van der Waals surface area contributed by atoms with Gasteiger partial charge in [-0.05, 0) is 32.4 Å². The van der Waals surface area contributed by atoms with Crippen molar-refractivity contribution in [3.05, 3.63) is 0 Å². The molecule has 3 nitrogen and oxygen atoms in total. The lowest BCUT2D eigenvalue weighted by atomic mass is 9.95. The van der Waals surface area contributed by atoms with E-state index in [2.05, 4.69) is 11.6 Å². The maximum Gasteiger partial charge on any atom is 0.319 e. The number of thioether (sulfide) groups is 1. The van der Waals surface area contributed by atoms with E-state index in [-0.39, 0.29) is 5.97 Å². The molecule has 0 bridgehead atoms. The average Bonchev–Trinajstić information content (AvgIpc) is 2.27. The molecule has 0 radical (unpaired) electrons. The van der Waals surface area contributed by atoms with Gasteiger partial charge in [0.25, 0.3) is 0 Å². The first kappa shape index (κ1) is 12.8. The molecular weight excluding hydrogens is 210 g/mol. The fourth-order valence-electron chi connectivity index (χ4n) is 1.98. The van der Waals surface area contributed by atoms with Crippen molar-refractivity contribution in [1.82, 2.24) is 5.32 Å². The number of esters is 1. The lowest BCUT2D eigenvalue weighted by Crippen LogP contribution is -2.38. The van der Waals surface area contributed by atoms with Crippen LogP contribution in [0.4, 0.5) is 0 Å². The van der Waals surface area contributed by atoms with Gasteiger partial charge in [0, 0.05) is 11.3 Å². The van der Waals surface area contributed by atoms with Crippen molar-refractivity contribution in [3.8, 4) is 0 Å². The molecule has 0 saturated heterocycles. The van der Waals surface area contributed by atoms with Crippen molar-refractivity contribution in [2.45, 2.75) is 43.9 Å². The number of carbonyl (C=O) groups excluding carboxylic acids is 1. The SMILES string of the molecule is CCOC(=O)CNC1CCCC(SC)C1. The van der Waals surface area contributed by atoms with Crippen LogP contribution >= 0.6 is 11.8 Å². The molecule has 15 heavy (non-hydrogen) atoms.